The lowest BCUT2D eigenvalue weighted by Crippen LogP contribution is -1.97. The van der Waals surface area contributed by atoms with Gasteiger partial charge >= 0.3 is 0 Å². The molecule has 0 atom stereocenters. The van der Waals surface area contributed by atoms with E-state index in [-0.39, 0.29) is 0 Å². The van der Waals surface area contributed by atoms with Crippen molar-refractivity contribution in [3.8, 4) is 17.0 Å². The Kier molecular flexibility index (Phi) is 4.25. The van der Waals surface area contributed by atoms with Gasteiger partial charge in [-0.3, -0.25) is 0 Å². The predicted molar refractivity (Wildman–Crippen MR) is 89.0 cm³/mol. The highest BCUT2D eigenvalue weighted by Gasteiger charge is 2.08. The molecule has 0 aliphatic heterocycles. The molecule has 2 aromatic carbocycles. The van der Waals surface area contributed by atoms with Gasteiger partial charge in [0.1, 0.15) is 10.8 Å². The first-order valence-electron chi connectivity index (χ1n) is 6.76. The predicted octanol–water partition coefficient (Wildman–Crippen LogP) is 3.89. The zero-order chi connectivity index (χ0) is 15.4. The number of hydrogen-bond acceptors (Lipinski definition) is 5. The summed E-state index contributed by atoms with van der Waals surface area (Å²) in [6.07, 6.45) is 1.69. The molecular formula is C17H15N3OS. The number of anilines is 1. The van der Waals surface area contributed by atoms with Crippen LogP contribution in [0.1, 0.15) is 0 Å². The zero-order valence-corrected chi connectivity index (χ0v) is 12.9. The van der Waals surface area contributed by atoms with Crippen molar-refractivity contribution in [3.05, 3.63) is 60.8 Å². The molecule has 0 spiro atoms. The van der Waals surface area contributed by atoms with Crippen molar-refractivity contribution >= 4 is 17.6 Å². The lowest BCUT2D eigenvalue weighted by Gasteiger charge is -2.07. The van der Waals surface area contributed by atoms with E-state index in [2.05, 4.69) is 9.97 Å². The highest BCUT2D eigenvalue weighted by molar-refractivity contribution is 7.99. The van der Waals surface area contributed by atoms with Gasteiger partial charge in [-0.2, -0.15) is 0 Å². The molecule has 22 heavy (non-hydrogen) atoms. The number of hydrogen-bond donors (Lipinski definition) is 1. The maximum atomic E-state index is 5.95. The lowest BCUT2D eigenvalue weighted by molar-refractivity contribution is 0.415. The number of methoxy groups -OCH3 is 1. The molecule has 0 saturated carbocycles. The summed E-state index contributed by atoms with van der Waals surface area (Å²) in [5.41, 5.74) is 7.71. The van der Waals surface area contributed by atoms with E-state index in [9.17, 15) is 0 Å². The fourth-order valence-electron chi connectivity index (χ4n) is 1.96. The van der Waals surface area contributed by atoms with Crippen molar-refractivity contribution in [1.82, 2.24) is 9.97 Å². The van der Waals surface area contributed by atoms with Crippen LogP contribution in [0.25, 0.3) is 11.3 Å². The largest absolute Gasteiger partial charge is 0.497 e. The van der Waals surface area contributed by atoms with Gasteiger partial charge in [-0.05, 0) is 36.4 Å². The molecule has 0 amide bonds. The van der Waals surface area contributed by atoms with Crippen LogP contribution in [0.4, 0.5) is 5.82 Å². The van der Waals surface area contributed by atoms with Crippen molar-refractivity contribution in [2.45, 2.75) is 9.92 Å². The molecule has 110 valence electrons. The van der Waals surface area contributed by atoms with Crippen LogP contribution in [0.3, 0.4) is 0 Å². The highest BCUT2D eigenvalue weighted by Crippen LogP contribution is 2.31. The summed E-state index contributed by atoms with van der Waals surface area (Å²) in [6, 6.07) is 17.7. The van der Waals surface area contributed by atoms with E-state index in [1.54, 1.807) is 13.3 Å². The van der Waals surface area contributed by atoms with Crippen LogP contribution in [0.5, 0.6) is 5.75 Å². The second-order valence-electron chi connectivity index (χ2n) is 4.59. The molecule has 0 radical (unpaired) electrons. The van der Waals surface area contributed by atoms with Crippen LogP contribution < -0.4 is 10.5 Å². The van der Waals surface area contributed by atoms with E-state index < -0.39 is 0 Å². The molecule has 3 aromatic rings. The first-order chi connectivity index (χ1) is 10.8. The SMILES string of the molecule is COc1ccc(-c2cnc(N)c(Sc3ccccc3)n2)cc1. The molecule has 1 aromatic heterocycles. The van der Waals surface area contributed by atoms with E-state index in [1.165, 1.54) is 11.8 Å². The van der Waals surface area contributed by atoms with Crippen molar-refractivity contribution in [1.29, 1.82) is 0 Å². The standard InChI is InChI=1S/C17H15N3OS/c1-21-13-9-7-12(8-10-13)15-11-19-16(18)17(20-15)22-14-5-3-2-4-6-14/h2-11H,1H3,(H2,18,19). The second-order valence-corrected chi connectivity index (χ2v) is 5.65. The number of benzene rings is 2. The van der Waals surface area contributed by atoms with E-state index in [0.717, 1.165) is 21.9 Å². The molecule has 0 aliphatic rings. The fraction of sp³-hybridized carbons (Fsp3) is 0.0588. The summed E-state index contributed by atoms with van der Waals surface area (Å²) in [5, 5.41) is 0.708. The van der Waals surface area contributed by atoms with E-state index in [0.29, 0.717) is 10.8 Å². The normalized spacial score (nSPS) is 10.4. The Hall–Kier alpha value is -2.53. The zero-order valence-electron chi connectivity index (χ0n) is 12.1. The van der Waals surface area contributed by atoms with Gasteiger partial charge in [-0.25, -0.2) is 9.97 Å². The van der Waals surface area contributed by atoms with Gasteiger partial charge < -0.3 is 10.5 Å². The summed E-state index contributed by atoms with van der Waals surface area (Å²) >= 11 is 1.51. The minimum Gasteiger partial charge on any atom is -0.497 e. The van der Waals surface area contributed by atoms with Crippen LogP contribution in [0.2, 0.25) is 0 Å². The topological polar surface area (TPSA) is 61.0 Å². The first kappa shape index (κ1) is 14.4. The molecule has 0 bridgehead atoms. The number of nitrogens with zero attached hydrogens (tertiary/aromatic N) is 2. The molecular weight excluding hydrogens is 294 g/mol. The monoisotopic (exact) mass is 309 g/mol. The van der Waals surface area contributed by atoms with Crippen LogP contribution >= 0.6 is 11.8 Å². The van der Waals surface area contributed by atoms with Gasteiger partial charge in [0.2, 0.25) is 0 Å². The van der Waals surface area contributed by atoms with Crippen LogP contribution in [-0.2, 0) is 0 Å². The molecule has 0 saturated heterocycles. The Balaban J connectivity index is 1.91. The average Bonchev–Trinajstić information content (AvgIpc) is 2.58. The smallest absolute Gasteiger partial charge is 0.156 e. The molecule has 2 N–H and O–H groups in total. The van der Waals surface area contributed by atoms with Crippen molar-refractivity contribution < 1.29 is 4.74 Å². The Morgan fingerprint density at radius 2 is 1.73 bits per heavy atom. The molecule has 3 rings (SSSR count). The molecule has 4 nitrogen and oxygen atoms in total. The summed E-state index contributed by atoms with van der Waals surface area (Å²) in [6.45, 7) is 0. The fourth-order valence-corrected chi connectivity index (χ4v) is 2.78. The highest BCUT2D eigenvalue weighted by atomic mass is 32.2. The number of nitrogen functional groups attached to an aromatic ring is 1. The van der Waals surface area contributed by atoms with Crippen molar-refractivity contribution in [2.24, 2.45) is 0 Å². The maximum absolute atomic E-state index is 5.95. The van der Waals surface area contributed by atoms with E-state index in [4.69, 9.17) is 10.5 Å². The van der Waals surface area contributed by atoms with Crippen molar-refractivity contribution in [2.75, 3.05) is 12.8 Å². The Morgan fingerprint density at radius 1 is 1.00 bits per heavy atom. The van der Waals surface area contributed by atoms with Crippen LogP contribution in [-0.4, -0.2) is 17.1 Å². The number of nitrogens with two attached hydrogens (primary N) is 1. The van der Waals surface area contributed by atoms with Gasteiger partial charge in [-0.15, -0.1) is 0 Å². The summed E-state index contributed by atoms with van der Waals surface area (Å²) in [5.74, 6) is 1.25. The molecule has 0 aliphatic carbocycles. The Labute approximate surface area is 133 Å². The summed E-state index contributed by atoms with van der Waals surface area (Å²) in [4.78, 5) is 9.96. The third-order valence-corrected chi connectivity index (χ3v) is 4.11. The van der Waals surface area contributed by atoms with Gasteiger partial charge in [0.15, 0.2) is 5.82 Å². The van der Waals surface area contributed by atoms with E-state index >= 15 is 0 Å². The molecule has 0 unspecified atom stereocenters. The first-order valence-corrected chi connectivity index (χ1v) is 7.58. The quantitative estimate of drug-likeness (QED) is 0.792. The number of rotatable bonds is 4. The average molecular weight is 309 g/mol. The van der Waals surface area contributed by atoms with Gasteiger partial charge in [0.05, 0.1) is 19.0 Å². The summed E-state index contributed by atoms with van der Waals surface area (Å²) in [7, 11) is 1.65. The second kappa shape index (κ2) is 6.49. The summed E-state index contributed by atoms with van der Waals surface area (Å²) < 4.78 is 5.17. The van der Waals surface area contributed by atoms with Gasteiger partial charge in [0, 0.05) is 10.5 Å². The minimum absolute atomic E-state index is 0.436. The Morgan fingerprint density at radius 3 is 2.41 bits per heavy atom. The van der Waals surface area contributed by atoms with Gasteiger partial charge in [-0.1, -0.05) is 30.0 Å². The molecule has 1 heterocycles. The minimum atomic E-state index is 0.436. The third-order valence-electron chi connectivity index (χ3n) is 3.11. The Bertz CT molecular complexity index is 761. The van der Waals surface area contributed by atoms with E-state index in [1.807, 2.05) is 54.6 Å². The molecule has 5 heteroatoms. The van der Waals surface area contributed by atoms with Crippen molar-refractivity contribution in [3.63, 3.8) is 0 Å². The number of ether oxygens (including phenoxy) is 1. The third kappa shape index (κ3) is 3.20. The van der Waals surface area contributed by atoms with Crippen LogP contribution in [0.15, 0.2) is 70.7 Å². The maximum Gasteiger partial charge on any atom is 0.156 e. The number of aromatic nitrogens is 2. The van der Waals surface area contributed by atoms with Crippen LogP contribution in [0, 0.1) is 0 Å². The van der Waals surface area contributed by atoms with Gasteiger partial charge in [0.25, 0.3) is 0 Å². The lowest BCUT2D eigenvalue weighted by atomic mass is 10.1. The molecule has 0 fully saturated rings.